The Bertz CT molecular complexity index is 596. The van der Waals surface area contributed by atoms with E-state index in [4.69, 9.17) is 4.74 Å². The second kappa shape index (κ2) is 8.34. The molecule has 0 N–H and O–H groups in total. The van der Waals surface area contributed by atoms with Crippen LogP contribution >= 0.6 is 0 Å². The molecule has 2 saturated heterocycles. The number of hydrogen-bond donors (Lipinski definition) is 0. The first-order valence-electron chi connectivity index (χ1n) is 9.12. The van der Waals surface area contributed by atoms with Gasteiger partial charge in [-0.1, -0.05) is 12.1 Å². The summed E-state index contributed by atoms with van der Waals surface area (Å²) in [5, 5.41) is 0. The van der Waals surface area contributed by atoms with Gasteiger partial charge in [-0.05, 0) is 31.5 Å². The zero-order valence-corrected chi connectivity index (χ0v) is 14.9. The van der Waals surface area contributed by atoms with Crippen molar-refractivity contribution < 1.29 is 14.3 Å². The summed E-state index contributed by atoms with van der Waals surface area (Å²) in [4.78, 5) is 29.9. The van der Waals surface area contributed by atoms with Crippen LogP contribution in [0.3, 0.4) is 0 Å². The predicted molar refractivity (Wildman–Crippen MR) is 96.8 cm³/mol. The molecule has 3 rings (SSSR count). The summed E-state index contributed by atoms with van der Waals surface area (Å²) >= 11 is 0. The maximum Gasteiger partial charge on any atom is 0.229 e. The van der Waals surface area contributed by atoms with Crippen molar-refractivity contribution in [3.8, 4) is 5.75 Å². The van der Waals surface area contributed by atoms with Gasteiger partial charge in [0.25, 0.3) is 0 Å². The molecule has 0 unspecified atom stereocenters. The van der Waals surface area contributed by atoms with E-state index in [0.29, 0.717) is 25.8 Å². The van der Waals surface area contributed by atoms with Gasteiger partial charge in [-0.15, -0.1) is 0 Å². The Morgan fingerprint density at radius 3 is 2.32 bits per heavy atom. The van der Waals surface area contributed by atoms with Crippen LogP contribution in [0.25, 0.3) is 0 Å². The van der Waals surface area contributed by atoms with E-state index < -0.39 is 0 Å². The summed E-state index contributed by atoms with van der Waals surface area (Å²) < 4.78 is 5.45. The fourth-order valence-electron chi connectivity index (χ4n) is 3.61. The van der Waals surface area contributed by atoms with Gasteiger partial charge in [0.05, 0.1) is 12.8 Å². The maximum absolute atomic E-state index is 11.8. The molecule has 0 radical (unpaired) electrons. The van der Waals surface area contributed by atoms with E-state index >= 15 is 0 Å². The number of rotatable bonds is 6. The summed E-state index contributed by atoms with van der Waals surface area (Å²) in [5.41, 5.74) is 1.15. The van der Waals surface area contributed by atoms with Gasteiger partial charge in [0.1, 0.15) is 5.75 Å². The van der Waals surface area contributed by atoms with Crippen molar-refractivity contribution >= 4 is 17.5 Å². The van der Waals surface area contributed by atoms with Crippen LogP contribution in [0.5, 0.6) is 5.75 Å². The third-order valence-electron chi connectivity index (χ3n) is 5.04. The van der Waals surface area contributed by atoms with Crippen LogP contribution in [-0.4, -0.2) is 68.0 Å². The molecule has 0 aliphatic carbocycles. The average molecular weight is 345 g/mol. The topological polar surface area (TPSA) is 53.1 Å². The smallest absolute Gasteiger partial charge is 0.229 e. The minimum Gasteiger partial charge on any atom is -0.495 e. The Morgan fingerprint density at radius 1 is 0.960 bits per heavy atom. The highest BCUT2D eigenvalue weighted by atomic mass is 16.5. The lowest BCUT2D eigenvalue weighted by atomic mass is 10.1. The molecule has 2 fully saturated rings. The molecule has 0 spiro atoms. The number of imide groups is 1. The summed E-state index contributed by atoms with van der Waals surface area (Å²) in [6.45, 7) is 5.38. The second-order valence-corrected chi connectivity index (χ2v) is 6.65. The first-order valence-corrected chi connectivity index (χ1v) is 9.12. The number of nitrogens with zero attached hydrogens (tertiary/aromatic N) is 3. The van der Waals surface area contributed by atoms with E-state index in [1.165, 1.54) is 4.90 Å². The molecule has 2 heterocycles. The Labute approximate surface area is 149 Å². The van der Waals surface area contributed by atoms with Crippen LogP contribution < -0.4 is 9.64 Å². The Morgan fingerprint density at radius 2 is 1.64 bits per heavy atom. The van der Waals surface area contributed by atoms with E-state index in [-0.39, 0.29) is 11.8 Å². The Kier molecular flexibility index (Phi) is 5.91. The van der Waals surface area contributed by atoms with E-state index in [1.807, 2.05) is 18.2 Å². The van der Waals surface area contributed by atoms with Gasteiger partial charge in [0.15, 0.2) is 0 Å². The molecule has 6 heteroatoms. The first-order chi connectivity index (χ1) is 12.2. The number of anilines is 1. The van der Waals surface area contributed by atoms with Gasteiger partial charge in [-0.25, -0.2) is 0 Å². The lowest BCUT2D eigenvalue weighted by Crippen LogP contribution is -2.47. The van der Waals surface area contributed by atoms with E-state index in [0.717, 1.165) is 50.6 Å². The number of piperidine rings is 1. The summed E-state index contributed by atoms with van der Waals surface area (Å²) in [6, 6.07) is 8.12. The van der Waals surface area contributed by atoms with E-state index in [1.54, 1.807) is 7.11 Å². The highest BCUT2D eigenvalue weighted by Crippen LogP contribution is 2.28. The molecule has 25 heavy (non-hydrogen) atoms. The van der Waals surface area contributed by atoms with Crippen LogP contribution in [-0.2, 0) is 9.59 Å². The van der Waals surface area contributed by atoms with Crippen molar-refractivity contribution in [2.45, 2.75) is 25.7 Å². The molecule has 2 amide bonds. The highest BCUT2D eigenvalue weighted by molar-refractivity contribution is 5.97. The number of carbonyl (C=O) groups excluding carboxylic acids is 2. The zero-order chi connectivity index (χ0) is 17.6. The van der Waals surface area contributed by atoms with Crippen molar-refractivity contribution in [1.82, 2.24) is 9.80 Å². The minimum atomic E-state index is -0.00255. The van der Waals surface area contributed by atoms with Crippen LogP contribution in [0, 0.1) is 0 Å². The maximum atomic E-state index is 11.8. The molecule has 2 aliphatic heterocycles. The molecule has 136 valence electrons. The van der Waals surface area contributed by atoms with Crippen molar-refractivity contribution in [1.29, 1.82) is 0 Å². The standard InChI is InChI=1S/C19H27N3O3/c1-25-17-7-3-2-6-16(17)21-14-12-20(13-15-21)10-5-11-22-18(23)8-4-9-19(22)24/h2-3,6-7H,4-5,8-15H2,1H3. The fourth-order valence-corrected chi connectivity index (χ4v) is 3.61. The number of ether oxygens (including phenoxy) is 1. The number of amides is 2. The molecular weight excluding hydrogens is 318 g/mol. The van der Waals surface area contributed by atoms with Gasteiger partial charge in [0, 0.05) is 45.6 Å². The summed E-state index contributed by atoms with van der Waals surface area (Å²) in [6.07, 6.45) is 2.60. The monoisotopic (exact) mass is 345 g/mol. The first kappa shape index (κ1) is 17.7. The number of benzene rings is 1. The van der Waals surface area contributed by atoms with Crippen molar-refractivity contribution in [3.63, 3.8) is 0 Å². The molecule has 0 atom stereocenters. The third kappa shape index (κ3) is 4.31. The fraction of sp³-hybridized carbons (Fsp3) is 0.579. The van der Waals surface area contributed by atoms with Crippen LogP contribution in [0.1, 0.15) is 25.7 Å². The Balaban J connectivity index is 1.43. The number of para-hydroxylation sites is 2. The van der Waals surface area contributed by atoms with Gasteiger partial charge < -0.3 is 9.64 Å². The third-order valence-corrected chi connectivity index (χ3v) is 5.04. The minimum absolute atomic E-state index is 0.00255. The average Bonchev–Trinajstić information content (AvgIpc) is 2.65. The number of likely N-dealkylation sites (tertiary alicyclic amines) is 1. The summed E-state index contributed by atoms with van der Waals surface area (Å²) in [5.74, 6) is 0.910. The largest absolute Gasteiger partial charge is 0.495 e. The van der Waals surface area contributed by atoms with E-state index in [9.17, 15) is 9.59 Å². The predicted octanol–water partition coefficient (Wildman–Crippen LogP) is 1.75. The molecule has 1 aromatic carbocycles. The molecule has 1 aromatic rings. The van der Waals surface area contributed by atoms with Crippen LogP contribution in [0.2, 0.25) is 0 Å². The van der Waals surface area contributed by atoms with Crippen molar-refractivity contribution in [3.05, 3.63) is 24.3 Å². The lowest BCUT2D eigenvalue weighted by Gasteiger charge is -2.37. The molecule has 0 aromatic heterocycles. The van der Waals surface area contributed by atoms with E-state index in [2.05, 4.69) is 15.9 Å². The van der Waals surface area contributed by atoms with Crippen molar-refractivity contribution in [2.24, 2.45) is 0 Å². The number of carbonyl (C=O) groups is 2. The number of piperazine rings is 1. The molecular formula is C19H27N3O3. The van der Waals surface area contributed by atoms with Gasteiger partial charge in [0.2, 0.25) is 11.8 Å². The lowest BCUT2D eigenvalue weighted by molar-refractivity contribution is -0.148. The van der Waals surface area contributed by atoms with Crippen LogP contribution in [0.4, 0.5) is 5.69 Å². The highest BCUT2D eigenvalue weighted by Gasteiger charge is 2.25. The summed E-state index contributed by atoms with van der Waals surface area (Å²) in [7, 11) is 1.71. The van der Waals surface area contributed by atoms with Gasteiger partial charge in [-0.3, -0.25) is 19.4 Å². The number of hydrogen-bond acceptors (Lipinski definition) is 5. The van der Waals surface area contributed by atoms with Gasteiger partial charge >= 0.3 is 0 Å². The quantitative estimate of drug-likeness (QED) is 0.735. The number of methoxy groups -OCH3 is 1. The molecule has 6 nitrogen and oxygen atoms in total. The van der Waals surface area contributed by atoms with Crippen LogP contribution in [0.15, 0.2) is 24.3 Å². The van der Waals surface area contributed by atoms with Gasteiger partial charge in [-0.2, -0.15) is 0 Å². The molecule has 0 bridgehead atoms. The normalized spacial score (nSPS) is 19.4. The molecule has 0 saturated carbocycles. The zero-order valence-electron chi connectivity index (χ0n) is 14.9. The van der Waals surface area contributed by atoms with Crippen molar-refractivity contribution in [2.75, 3.05) is 51.3 Å². The molecule has 2 aliphatic rings. The Hall–Kier alpha value is -2.08. The second-order valence-electron chi connectivity index (χ2n) is 6.65. The SMILES string of the molecule is COc1ccccc1N1CCN(CCCN2C(=O)CCCC2=O)CC1.